The molecule has 0 radical (unpaired) electrons. The first-order valence-electron chi connectivity index (χ1n) is 30.9. The average Bonchev–Trinajstić information content (AvgIpc) is 3.58. The number of rotatable bonds is 29. The molecule has 6 atom stereocenters. The third kappa shape index (κ3) is 17.5. The highest BCUT2D eigenvalue weighted by Gasteiger charge is 2.33. The van der Waals surface area contributed by atoms with Gasteiger partial charge in [0.25, 0.3) is 0 Å². The zero-order valence-corrected chi connectivity index (χ0v) is 46.8. The summed E-state index contributed by atoms with van der Waals surface area (Å²) < 4.78 is 80.5. The maximum atomic E-state index is 15.9. The summed E-state index contributed by atoms with van der Waals surface area (Å²) in [5, 5.41) is 0.361. The number of hydrogen-bond acceptors (Lipinski definition) is 13. The highest BCUT2D eigenvalue weighted by molar-refractivity contribution is 5.94. The SMILES string of the molecule is CCCCCCCCCCCCCCCCC=Cn1c(-c2cc(OC3CCCCO3)c(OC3CCCCO3)c(OC3CCCCO3)c2)c(OC2CCCCO2)c(=O)c2c(OC3CCCCO3)cc(OC3CCCCO3)cc21. The molecule has 7 heterocycles. The van der Waals surface area contributed by atoms with Crippen molar-refractivity contribution in [2.75, 3.05) is 39.6 Å². The summed E-state index contributed by atoms with van der Waals surface area (Å²) in [5.74, 6) is 2.29. The minimum atomic E-state index is -0.651. The van der Waals surface area contributed by atoms with Crippen molar-refractivity contribution in [1.82, 2.24) is 4.57 Å². The van der Waals surface area contributed by atoms with Crippen molar-refractivity contribution in [2.24, 2.45) is 0 Å². The Bertz CT molecular complexity index is 2240. The molecule has 3 aromatic rings. The van der Waals surface area contributed by atoms with E-state index >= 15 is 4.79 Å². The van der Waals surface area contributed by atoms with Crippen LogP contribution in [0.3, 0.4) is 0 Å². The van der Waals surface area contributed by atoms with Gasteiger partial charge in [-0.05, 0) is 102 Å². The molecule has 0 aliphatic carbocycles. The standard InChI is InChI=1S/C63H93NO13/c1-2-3-4-5-6-7-8-9-10-11-12-13-14-15-16-23-36-64-49-45-48(72-53-30-17-24-37-66-53)46-50(73-54-31-18-25-38-67-54)59(49)61(65)63(77-58-35-22-29-42-71-58)60(64)47-43-51(74-55-32-19-26-39-68-55)62(76-57-34-21-28-41-70-57)52(44-47)75-56-33-20-27-40-69-56/h23,36,43-46,53-58H,2-22,24-35,37-42H2,1H3. The number of nitrogens with zero attached hydrogens (tertiary/aromatic N) is 1. The summed E-state index contributed by atoms with van der Waals surface area (Å²) >= 11 is 0. The fourth-order valence-corrected chi connectivity index (χ4v) is 11.4. The first-order chi connectivity index (χ1) is 38.1. The molecule has 428 valence electrons. The molecule has 0 bridgehead atoms. The molecule has 6 aliphatic rings. The molecule has 0 spiro atoms. The normalized spacial score (nSPS) is 24.4. The van der Waals surface area contributed by atoms with Crippen LogP contribution in [0.25, 0.3) is 28.4 Å². The lowest BCUT2D eigenvalue weighted by Gasteiger charge is -2.31. The maximum absolute atomic E-state index is 15.9. The Hall–Kier alpha value is -4.05. The van der Waals surface area contributed by atoms with Crippen molar-refractivity contribution >= 4 is 17.1 Å². The van der Waals surface area contributed by atoms with E-state index in [-0.39, 0.29) is 11.2 Å². The maximum Gasteiger partial charge on any atom is 0.235 e. The largest absolute Gasteiger partial charge is 0.465 e. The highest BCUT2D eigenvalue weighted by atomic mass is 16.7. The van der Waals surface area contributed by atoms with Gasteiger partial charge in [0.1, 0.15) is 11.5 Å². The van der Waals surface area contributed by atoms with E-state index in [1.807, 2.05) is 24.3 Å². The Balaban J connectivity index is 1.13. The lowest BCUT2D eigenvalue weighted by atomic mass is 10.0. The van der Waals surface area contributed by atoms with Gasteiger partial charge < -0.3 is 61.4 Å². The monoisotopic (exact) mass is 1070 g/mol. The van der Waals surface area contributed by atoms with Crippen LogP contribution in [0.2, 0.25) is 0 Å². The summed E-state index contributed by atoms with van der Waals surface area (Å²) in [7, 11) is 0. The Morgan fingerprint density at radius 1 is 0.442 bits per heavy atom. The van der Waals surface area contributed by atoms with Crippen LogP contribution in [0.5, 0.6) is 34.5 Å². The minimum absolute atomic E-state index is 0.133. The number of aromatic nitrogens is 1. The molecule has 77 heavy (non-hydrogen) atoms. The van der Waals surface area contributed by atoms with E-state index in [2.05, 4.69) is 23.8 Å². The Labute approximate surface area is 459 Å². The van der Waals surface area contributed by atoms with Gasteiger partial charge in [0.2, 0.25) is 11.2 Å². The Morgan fingerprint density at radius 3 is 1.26 bits per heavy atom. The molecule has 6 unspecified atom stereocenters. The minimum Gasteiger partial charge on any atom is -0.465 e. The first kappa shape index (κ1) is 57.6. The van der Waals surface area contributed by atoms with E-state index in [1.165, 1.54) is 77.0 Å². The third-order valence-electron chi connectivity index (χ3n) is 15.8. The molecule has 9 rings (SSSR count). The van der Waals surface area contributed by atoms with E-state index in [0.717, 1.165) is 109 Å². The predicted octanol–water partition coefficient (Wildman–Crippen LogP) is 15.4. The number of ether oxygens (including phenoxy) is 12. The second-order valence-electron chi connectivity index (χ2n) is 22.2. The molecule has 0 saturated carbocycles. The molecule has 6 fully saturated rings. The van der Waals surface area contributed by atoms with Crippen molar-refractivity contribution in [3.63, 3.8) is 0 Å². The van der Waals surface area contributed by atoms with E-state index < -0.39 is 37.7 Å². The number of benzene rings is 2. The fraction of sp³-hybridized carbons (Fsp3) is 0.730. The van der Waals surface area contributed by atoms with Gasteiger partial charge in [-0.3, -0.25) is 4.79 Å². The van der Waals surface area contributed by atoms with Gasteiger partial charge in [-0.2, -0.15) is 0 Å². The lowest BCUT2D eigenvalue weighted by Crippen LogP contribution is -2.30. The molecular weight excluding hydrogens is 979 g/mol. The molecule has 14 heteroatoms. The van der Waals surface area contributed by atoms with Crippen LogP contribution < -0.4 is 33.8 Å². The number of pyridine rings is 1. The van der Waals surface area contributed by atoms with Crippen LogP contribution in [0.1, 0.15) is 219 Å². The van der Waals surface area contributed by atoms with Crippen molar-refractivity contribution in [3.8, 4) is 45.8 Å². The van der Waals surface area contributed by atoms with Crippen LogP contribution in [0, 0.1) is 0 Å². The second-order valence-corrected chi connectivity index (χ2v) is 22.2. The average molecular weight is 1070 g/mol. The summed E-state index contributed by atoms with van der Waals surface area (Å²) in [6, 6.07) is 7.67. The van der Waals surface area contributed by atoms with Gasteiger partial charge in [0.05, 0.1) is 56.2 Å². The molecule has 0 N–H and O–H groups in total. The number of hydrogen-bond donors (Lipinski definition) is 0. The Kier molecular flexibility index (Phi) is 23.7. The lowest BCUT2D eigenvalue weighted by molar-refractivity contribution is -0.126. The van der Waals surface area contributed by atoms with Gasteiger partial charge in [0, 0.05) is 62.4 Å². The summed E-state index contributed by atoms with van der Waals surface area (Å²) in [6.07, 6.45) is 35.9. The molecular formula is C63H93NO13. The van der Waals surface area contributed by atoms with Gasteiger partial charge in [-0.25, -0.2) is 0 Å². The van der Waals surface area contributed by atoms with E-state index in [4.69, 9.17) is 56.8 Å². The van der Waals surface area contributed by atoms with Crippen LogP contribution in [0.4, 0.5) is 0 Å². The zero-order chi connectivity index (χ0) is 52.7. The topological polar surface area (TPSA) is 133 Å². The van der Waals surface area contributed by atoms with Crippen LogP contribution in [-0.4, -0.2) is 81.9 Å². The van der Waals surface area contributed by atoms with Crippen molar-refractivity contribution < 1.29 is 56.8 Å². The molecule has 6 aliphatic heterocycles. The van der Waals surface area contributed by atoms with Crippen LogP contribution in [-0.2, 0) is 28.4 Å². The second kappa shape index (κ2) is 31.7. The molecule has 14 nitrogen and oxygen atoms in total. The quantitative estimate of drug-likeness (QED) is 0.0611. The van der Waals surface area contributed by atoms with Crippen LogP contribution >= 0.6 is 0 Å². The first-order valence-corrected chi connectivity index (χ1v) is 30.9. The Morgan fingerprint density at radius 2 is 0.831 bits per heavy atom. The van der Waals surface area contributed by atoms with Crippen molar-refractivity contribution in [1.29, 1.82) is 0 Å². The zero-order valence-electron chi connectivity index (χ0n) is 46.8. The fourth-order valence-electron chi connectivity index (χ4n) is 11.4. The molecule has 2 aromatic carbocycles. The summed E-state index contributed by atoms with van der Waals surface area (Å²) in [5.41, 5.74) is 1.37. The van der Waals surface area contributed by atoms with Gasteiger partial charge in [0.15, 0.2) is 55.0 Å². The highest BCUT2D eigenvalue weighted by Crippen LogP contribution is 2.48. The third-order valence-corrected chi connectivity index (χ3v) is 15.8. The van der Waals surface area contributed by atoms with Gasteiger partial charge in [-0.1, -0.05) is 96.5 Å². The van der Waals surface area contributed by atoms with E-state index in [9.17, 15) is 0 Å². The van der Waals surface area contributed by atoms with Crippen molar-refractivity contribution in [2.45, 2.75) is 257 Å². The molecule has 6 saturated heterocycles. The predicted molar refractivity (Wildman–Crippen MR) is 299 cm³/mol. The van der Waals surface area contributed by atoms with E-state index in [1.54, 1.807) is 0 Å². The smallest absolute Gasteiger partial charge is 0.235 e. The van der Waals surface area contributed by atoms with Gasteiger partial charge in [-0.15, -0.1) is 0 Å². The number of allylic oxidation sites excluding steroid dienone is 1. The summed E-state index contributed by atoms with van der Waals surface area (Å²) in [6.45, 7) is 5.80. The molecule has 0 amide bonds. The molecule has 1 aromatic heterocycles. The number of fused-ring (bicyclic) bond motifs is 1. The number of unbranched alkanes of at least 4 members (excludes halogenated alkanes) is 14. The van der Waals surface area contributed by atoms with E-state index in [0.29, 0.717) is 116 Å². The summed E-state index contributed by atoms with van der Waals surface area (Å²) in [4.78, 5) is 15.9. The van der Waals surface area contributed by atoms with Gasteiger partial charge >= 0.3 is 0 Å². The van der Waals surface area contributed by atoms with Crippen LogP contribution in [0.15, 0.2) is 35.1 Å². The van der Waals surface area contributed by atoms with Crippen molar-refractivity contribution in [3.05, 3.63) is 40.6 Å².